The van der Waals surface area contributed by atoms with Crippen molar-refractivity contribution in [2.24, 2.45) is 5.92 Å². The summed E-state index contributed by atoms with van der Waals surface area (Å²) >= 11 is 0. The van der Waals surface area contributed by atoms with E-state index < -0.39 is 0 Å². The fraction of sp³-hybridized carbons (Fsp3) is 0.692. The maximum atomic E-state index is 12.0. The van der Waals surface area contributed by atoms with Gasteiger partial charge in [-0.25, -0.2) is 4.98 Å². The number of nitrogens with zero attached hydrogens (tertiary/aromatic N) is 2. The van der Waals surface area contributed by atoms with Gasteiger partial charge in [0.25, 0.3) is 0 Å². The highest BCUT2D eigenvalue weighted by atomic mass is 16.2. The van der Waals surface area contributed by atoms with Crippen LogP contribution < -0.4 is 5.32 Å². The first-order chi connectivity index (χ1) is 7.91. The van der Waals surface area contributed by atoms with Crippen molar-refractivity contribution in [1.29, 1.82) is 0 Å². The number of aromatic nitrogens is 2. The number of fused-ring (bicyclic) bond motifs is 1. The molecule has 0 bridgehead atoms. The number of imidazole rings is 1. The summed E-state index contributed by atoms with van der Waals surface area (Å²) in [6.45, 7) is 10.5. The van der Waals surface area contributed by atoms with Crippen LogP contribution in [0, 0.1) is 12.8 Å². The molecule has 1 N–H and O–H groups in total. The zero-order chi connectivity index (χ0) is 12.7. The Bertz CT molecular complexity index is 446. The number of anilines is 1. The van der Waals surface area contributed by atoms with Crippen molar-refractivity contribution >= 4 is 11.7 Å². The van der Waals surface area contributed by atoms with Crippen LogP contribution in [-0.4, -0.2) is 15.5 Å². The van der Waals surface area contributed by atoms with Crippen LogP contribution in [0.3, 0.4) is 0 Å². The second kappa shape index (κ2) is 4.17. The van der Waals surface area contributed by atoms with Gasteiger partial charge >= 0.3 is 0 Å². The Labute approximate surface area is 102 Å². The van der Waals surface area contributed by atoms with E-state index in [1.165, 1.54) is 0 Å². The van der Waals surface area contributed by atoms with Gasteiger partial charge in [0.05, 0.1) is 5.69 Å². The van der Waals surface area contributed by atoms with Gasteiger partial charge in [0.15, 0.2) is 0 Å². The monoisotopic (exact) mass is 235 g/mol. The number of carbonyl (C=O) groups is 1. The van der Waals surface area contributed by atoms with Crippen molar-refractivity contribution in [2.45, 2.75) is 53.0 Å². The SMILES string of the molecule is Cc1nc(C(C)C)c2n1C(CC(C)C)C(=O)N2. The van der Waals surface area contributed by atoms with Crippen LogP contribution in [-0.2, 0) is 4.79 Å². The Hall–Kier alpha value is -1.32. The van der Waals surface area contributed by atoms with E-state index in [1.807, 2.05) is 6.92 Å². The van der Waals surface area contributed by atoms with E-state index in [4.69, 9.17) is 0 Å². The van der Waals surface area contributed by atoms with Crippen molar-refractivity contribution in [3.05, 3.63) is 11.5 Å². The normalized spacial score (nSPS) is 19.0. The van der Waals surface area contributed by atoms with Crippen LogP contribution in [0.5, 0.6) is 0 Å². The summed E-state index contributed by atoms with van der Waals surface area (Å²) < 4.78 is 2.07. The molecule has 0 spiro atoms. The fourth-order valence-corrected chi connectivity index (χ4v) is 2.45. The van der Waals surface area contributed by atoms with E-state index in [0.29, 0.717) is 11.8 Å². The average molecular weight is 235 g/mol. The van der Waals surface area contributed by atoms with Crippen molar-refractivity contribution in [3.63, 3.8) is 0 Å². The topological polar surface area (TPSA) is 46.9 Å². The van der Waals surface area contributed by atoms with Crippen molar-refractivity contribution in [1.82, 2.24) is 9.55 Å². The van der Waals surface area contributed by atoms with Crippen LogP contribution >= 0.6 is 0 Å². The molecule has 1 aromatic rings. The highest BCUT2D eigenvalue weighted by Gasteiger charge is 2.35. The van der Waals surface area contributed by atoms with E-state index in [9.17, 15) is 4.79 Å². The lowest BCUT2D eigenvalue weighted by Crippen LogP contribution is -2.18. The Morgan fingerprint density at radius 2 is 2.00 bits per heavy atom. The summed E-state index contributed by atoms with van der Waals surface area (Å²) in [5, 5.41) is 2.99. The molecule has 1 aliphatic heterocycles. The standard InChI is InChI=1S/C13H21N3O/c1-7(2)6-10-13(17)15-12-11(8(3)4)14-9(5)16(10)12/h7-8,10H,6H2,1-5H3,(H,15,17). The van der Waals surface area contributed by atoms with Crippen LogP contribution in [0.4, 0.5) is 5.82 Å². The molecule has 17 heavy (non-hydrogen) atoms. The summed E-state index contributed by atoms with van der Waals surface area (Å²) in [5.74, 6) is 2.80. The number of hydrogen-bond acceptors (Lipinski definition) is 2. The summed E-state index contributed by atoms with van der Waals surface area (Å²) in [7, 11) is 0. The second-order valence-electron chi connectivity index (χ2n) is 5.55. The summed E-state index contributed by atoms with van der Waals surface area (Å²) in [6.07, 6.45) is 0.869. The lowest BCUT2D eigenvalue weighted by Gasteiger charge is -2.13. The number of aryl methyl sites for hydroxylation is 1. The van der Waals surface area contributed by atoms with Crippen molar-refractivity contribution in [2.75, 3.05) is 5.32 Å². The molecule has 4 nitrogen and oxygen atoms in total. The smallest absolute Gasteiger partial charge is 0.248 e. The van der Waals surface area contributed by atoms with Gasteiger partial charge in [-0.15, -0.1) is 0 Å². The van der Waals surface area contributed by atoms with Crippen LogP contribution in [0.2, 0.25) is 0 Å². The molecule has 1 atom stereocenters. The van der Waals surface area contributed by atoms with Crippen molar-refractivity contribution in [3.8, 4) is 0 Å². The minimum atomic E-state index is -0.0787. The van der Waals surface area contributed by atoms with Crippen LogP contribution in [0.15, 0.2) is 0 Å². The summed E-state index contributed by atoms with van der Waals surface area (Å²) in [6, 6.07) is -0.0787. The Kier molecular flexibility index (Phi) is 2.98. The maximum Gasteiger partial charge on any atom is 0.248 e. The third-order valence-corrected chi connectivity index (χ3v) is 3.21. The number of carbonyl (C=O) groups excluding carboxylic acids is 1. The Balaban J connectivity index is 2.43. The van der Waals surface area contributed by atoms with Gasteiger partial charge in [-0.2, -0.15) is 0 Å². The Morgan fingerprint density at radius 3 is 2.53 bits per heavy atom. The highest BCUT2D eigenvalue weighted by Crippen LogP contribution is 2.36. The lowest BCUT2D eigenvalue weighted by atomic mass is 10.0. The van der Waals surface area contributed by atoms with E-state index >= 15 is 0 Å². The average Bonchev–Trinajstić information content (AvgIpc) is 2.66. The molecule has 0 aromatic carbocycles. The number of hydrogen-bond donors (Lipinski definition) is 1. The number of nitrogens with one attached hydrogen (secondary N) is 1. The zero-order valence-corrected chi connectivity index (χ0v) is 11.2. The highest BCUT2D eigenvalue weighted by molar-refractivity contribution is 5.97. The first-order valence-corrected chi connectivity index (χ1v) is 6.31. The van der Waals surface area contributed by atoms with E-state index in [1.54, 1.807) is 0 Å². The van der Waals surface area contributed by atoms with Gasteiger partial charge in [0.2, 0.25) is 5.91 Å². The molecule has 0 fully saturated rings. The predicted molar refractivity (Wildman–Crippen MR) is 68.2 cm³/mol. The van der Waals surface area contributed by atoms with Gasteiger partial charge < -0.3 is 9.88 Å². The van der Waals surface area contributed by atoms with Gasteiger partial charge in [-0.3, -0.25) is 4.79 Å². The lowest BCUT2D eigenvalue weighted by molar-refractivity contribution is -0.118. The molecule has 1 aliphatic rings. The third kappa shape index (κ3) is 1.96. The van der Waals surface area contributed by atoms with E-state index in [-0.39, 0.29) is 11.9 Å². The van der Waals surface area contributed by atoms with Gasteiger partial charge in [0, 0.05) is 0 Å². The molecule has 4 heteroatoms. The molecule has 1 amide bonds. The summed E-state index contributed by atoms with van der Waals surface area (Å²) in [4.78, 5) is 16.6. The van der Waals surface area contributed by atoms with E-state index in [2.05, 4.69) is 42.6 Å². The van der Waals surface area contributed by atoms with Gasteiger partial charge in [0.1, 0.15) is 17.7 Å². The molecule has 0 saturated carbocycles. The van der Waals surface area contributed by atoms with Crippen LogP contribution in [0.25, 0.3) is 0 Å². The molecule has 1 aromatic heterocycles. The van der Waals surface area contributed by atoms with E-state index in [0.717, 1.165) is 23.8 Å². The molecule has 1 unspecified atom stereocenters. The first-order valence-electron chi connectivity index (χ1n) is 6.31. The quantitative estimate of drug-likeness (QED) is 0.875. The second-order valence-corrected chi connectivity index (χ2v) is 5.55. The molecule has 2 heterocycles. The van der Waals surface area contributed by atoms with Gasteiger partial charge in [-0.05, 0) is 25.2 Å². The number of amides is 1. The number of rotatable bonds is 3. The molecule has 94 valence electrons. The molecular formula is C13H21N3O. The Morgan fingerprint density at radius 1 is 1.35 bits per heavy atom. The molecule has 0 saturated heterocycles. The van der Waals surface area contributed by atoms with Crippen LogP contribution in [0.1, 0.15) is 57.6 Å². The molecule has 0 radical (unpaired) electrons. The minimum absolute atomic E-state index is 0.0787. The third-order valence-electron chi connectivity index (χ3n) is 3.21. The summed E-state index contributed by atoms with van der Waals surface area (Å²) in [5.41, 5.74) is 1.00. The largest absolute Gasteiger partial charge is 0.309 e. The fourth-order valence-electron chi connectivity index (χ4n) is 2.45. The van der Waals surface area contributed by atoms with Gasteiger partial charge in [-0.1, -0.05) is 27.7 Å². The predicted octanol–water partition coefficient (Wildman–Crippen LogP) is 2.85. The zero-order valence-electron chi connectivity index (χ0n) is 11.2. The van der Waals surface area contributed by atoms with Crippen molar-refractivity contribution < 1.29 is 4.79 Å². The molecular weight excluding hydrogens is 214 g/mol. The first kappa shape index (κ1) is 12.1. The minimum Gasteiger partial charge on any atom is -0.309 e. The maximum absolute atomic E-state index is 12.0. The molecule has 2 rings (SSSR count). The molecule has 0 aliphatic carbocycles.